The van der Waals surface area contributed by atoms with Crippen molar-refractivity contribution in [3.63, 3.8) is 0 Å². The highest BCUT2D eigenvalue weighted by Gasteiger charge is 2.26. The number of benzene rings is 2. The van der Waals surface area contributed by atoms with Crippen LogP contribution >= 0.6 is 0 Å². The molecule has 1 fully saturated rings. The first-order chi connectivity index (χ1) is 14.7. The molecule has 30 heavy (non-hydrogen) atoms. The van der Waals surface area contributed by atoms with E-state index in [2.05, 4.69) is 52.0 Å². The van der Waals surface area contributed by atoms with Gasteiger partial charge in [-0.3, -0.25) is 9.78 Å². The Bertz CT molecular complexity index is 1070. The van der Waals surface area contributed by atoms with Crippen LogP contribution in [-0.4, -0.2) is 43.6 Å². The summed E-state index contributed by atoms with van der Waals surface area (Å²) < 4.78 is 0. The van der Waals surface area contributed by atoms with Crippen LogP contribution in [0.25, 0.3) is 0 Å². The zero-order valence-electron chi connectivity index (χ0n) is 17.3. The van der Waals surface area contributed by atoms with Crippen LogP contribution in [-0.2, 0) is 6.42 Å². The second kappa shape index (κ2) is 7.82. The number of hydrogen-bond donors (Lipinski definition) is 0. The number of pyridine rings is 1. The molecule has 1 aromatic heterocycles. The van der Waals surface area contributed by atoms with E-state index in [0.717, 1.165) is 50.5 Å². The van der Waals surface area contributed by atoms with Crippen LogP contribution in [0, 0.1) is 6.92 Å². The molecule has 0 atom stereocenters. The second-order valence-corrected chi connectivity index (χ2v) is 8.05. The maximum Gasteiger partial charge on any atom is 0.276 e. The molecule has 0 aliphatic carbocycles. The van der Waals surface area contributed by atoms with E-state index in [-0.39, 0.29) is 5.91 Å². The third kappa shape index (κ3) is 3.52. The van der Waals surface area contributed by atoms with E-state index in [9.17, 15) is 4.79 Å². The van der Waals surface area contributed by atoms with Gasteiger partial charge in [-0.1, -0.05) is 30.3 Å². The molecule has 1 amide bonds. The molecule has 2 aliphatic rings. The minimum atomic E-state index is -0.0137. The molecule has 0 spiro atoms. The van der Waals surface area contributed by atoms with Gasteiger partial charge in [0.2, 0.25) is 0 Å². The van der Waals surface area contributed by atoms with Crippen LogP contribution in [0.4, 0.5) is 17.1 Å². The first kappa shape index (κ1) is 18.7. The van der Waals surface area contributed by atoms with Crippen molar-refractivity contribution >= 4 is 23.0 Å². The Morgan fingerprint density at radius 3 is 2.33 bits per heavy atom. The van der Waals surface area contributed by atoms with Crippen molar-refractivity contribution in [2.24, 2.45) is 0 Å². The number of rotatable bonds is 3. The molecule has 5 nitrogen and oxygen atoms in total. The topological polar surface area (TPSA) is 39.7 Å². The van der Waals surface area contributed by atoms with E-state index in [1.807, 2.05) is 35.2 Å². The standard InChI is InChI=1S/C25H26N4O/c1-19-5-4-7-21(17-19)27-13-15-28(16-14-27)22-9-11-26-23(18-22)25(30)29-12-10-20-6-2-3-8-24(20)29/h2-9,11,17-18H,10,12-16H2,1H3. The highest BCUT2D eigenvalue weighted by atomic mass is 16.2. The fraction of sp³-hybridized carbons (Fsp3) is 0.280. The third-order valence-electron chi connectivity index (χ3n) is 6.11. The quantitative estimate of drug-likeness (QED) is 0.670. The van der Waals surface area contributed by atoms with Crippen molar-refractivity contribution in [2.45, 2.75) is 13.3 Å². The smallest absolute Gasteiger partial charge is 0.276 e. The SMILES string of the molecule is Cc1cccc(N2CCN(c3ccnc(C(=O)N4CCc5ccccc54)c3)CC2)c1. The van der Waals surface area contributed by atoms with Gasteiger partial charge < -0.3 is 14.7 Å². The predicted octanol–water partition coefficient (Wildman–Crippen LogP) is 3.92. The maximum atomic E-state index is 13.2. The van der Waals surface area contributed by atoms with Gasteiger partial charge in [-0.25, -0.2) is 0 Å². The second-order valence-electron chi connectivity index (χ2n) is 8.05. The molecule has 5 heteroatoms. The van der Waals surface area contributed by atoms with Crippen molar-refractivity contribution in [2.75, 3.05) is 47.4 Å². The van der Waals surface area contributed by atoms with Gasteiger partial charge in [0.25, 0.3) is 5.91 Å². The molecule has 152 valence electrons. The summed E-state index contributed by atoms with van der Waals surface area (Å²) >= 11 is 0. The summed E-state index contributed by atoms with van der Waals surface area (Å²) in [7, 11) is 0. The molecular formula is C25H26N4O. The van der Waals surface area contributed by atoms with Gasteiger partial charge in [0.15, 0.2) is 0 Å². The van der Waals surface area contributed by atoms with E-state index >= 15 is 0 Å². The van der Waals surface area contributed by atoms with Gasteiger partial charge in [-0.05, 0) is 54.8 Å². The summed E-state index contributed by atoms with van der Waals surface area (Å²) in [6.07, 6.45) is 2.67. The summed E-state index contributed by atoms with van der Waals surface area (Å²) in [5.74, 6) is -0.0137. The van der Waals surface area contributed by atoms with Crippen LogP contribution in [0.3, 0.4) is 0 Å². The van der Waals surface area contributed by atoms with E-state index in [1.54, 1.807) is 6.20 Å². The first-order valence-electron chi connectivity index (χ1n) is 10.6. The number of amides is 1. The molecule has 5 rings (SSSR count). The largest absolute Gasteiger partial charge is 0.368 e. The summed E-state index contributed by atoms with van der Waals surface area (Å²) in [5, 5.41) is 0. The van der Waals surface area contributed by atoms with E-state index < -0.39 is 0 Å². The summed E-state index contributed by atoms with van der Waals surface area (Å²) in [6.45, 7) is 6.65. The molecule has 2 aromatic carbocycles. The third-order valence-corrected chi connectivity index (χ3v) is 6.11. The summed E-state index contributed by atoms with van der Waals surface area (Å²) in [6, 6.07) is 20.8. The lowest BCUT2D eigenvalue weighted by atomic mass is 10.1. The first-order valence-corrected chi connectivity index (χ1v) is 10.6. The number of carbonyl (C=O) groups excluding carboxylic acids is 1. The number of para-hydroxylation sites is 1. The number of piperazine rings is 1. The Morgan fingerprint density at radius 2 is 1.57 bits per heavy atom. The number of anilines is 3. The molecule has 3 aromatic rings. The Kier molecular flexibility index (Phi) is 4.87. The number of hydrogen-bond acceptors (Lipinski definition) is 4. The van der Waals surface area contributed by atoms with Gasteiger partial charge in [0, 0.05) is 56.0 Å². The van der Waals surface area contributed by atoms with Crippen LogP contribution in [0.15, 0.2) is 66.9 Å². The number of aryl methyl sites for hydroxylation is 1. The Hall–Kier alpha value is -3.34. The zero-order valence-corrected chi connectivity index (χ0v) is 17.3. The van der Waals surface area contributed by atoms with Crippen molar-refractivity contribution in [1.82, 2.24) is 4.98 Å². The molecule has 0 saturated carbocycles. The molecule has 1 saturated heterocycles. The molecule has 0 radical (unpaired) electrons. The molecular weight excluding hydrogens is 372 g/mol. The number of nitrogens with zero attached hydrogens (tertiary/aromatic N) is 4. The lowest BCUT2D eigenvalue weighted by Gasteiger charge is -2.37. The van der Waals surface area contributed by atoms with Gasteiger partial charge in [0.05, 0.1) is 0 Å². The van der Waals surface area contributed by atoms with Crippen LogP contribution in [0.2, 0.25) is 0 Å². The highest BCUT2D eigenvalue weighted by Crippen LogP contribution is 2.29. The monoisotopic (exact) mass is 398 g/mol. The minimum Gasteiger partial charge on any atom is -0.368 e. The van der Waals surface area contributed by atoms with Crippen LogP contribution < -0.4 is 14.7 Å². The van der Waals surface area contributed by atoms with Gasteiger partial charge >= 0.3 is 0 Å². The number of carbonyl (C=O) groups is 1. The lowest BCUT2D eigenvalue weighted by Crippen LogP contribution is -2.46. The van der Waals surface area contributed by atoms with Crippen molar-refractivity contribution in [3.05, 3.63) is 83.7 Å². The molecule has 0 unspecified atom stereocenters. The fourth-order valence-corrected chi connectivity index (χ4v) is 4.47. The van der Waals surface area contributed by atoms with E-state index in [4.69, 9.17) is 0 Å². The van der Waals surface area contributed by atoms with Crippen molar-refractivity contribution < 1.29 is 4.79 Å². The summed E-state index contributed by atoms with van der Waals surface area (Å²) in [5.41, 5.74) is 6.41. The number of fused-ring (bicyclic) bond motifs is 1. The predicted molar refractivity (Wildman–Crippen MR) is 122 cm³/mol. The van der Waals surface area contributed by atoms with Gasteiger partial charge in [-0.15, -0.1) is 0 Å². The zero-order chi connectivity index (χ0) is 20.5. The van der Waals surface area contributed by atoms with Crippen LogP contribution in [0.1, 0.15) is 21.6 Å². The van der Waals surface area contributed by atoms with Crippen LogP contribution in [0.5, 0.6) is 0 Å². The highest BCUT2D eigenvalue weighted by molar-refractivity contribution is 6.06. The van der Waals surface area contributed by atoms with Gasteiger partial charge in [-0.2, -0.15) is 0 Å². The Balaban J connectivity index is 1.30. The fourth-order valence-electron chi connectivity index (χ4n) is 4.47. The van der Waals surface area contributed by atoms with E-state index in [1.165, 1.54) is 16.8 Å². The maximum absolute atomic E-state index is 13.2. The van der Waals surface area contributed by atoms with Gasteiger partial charge in [0.1, 0.15) is 5.69 Å². The lowest BCUT2D eigenvalue weighted by molar-refractivity contribution is 0.0984. The molecule has 0 N–H and O–H groups in total. The molecule has 2 aliphatic heterocycles. The van der Waals surface area contributed by atoms with E-state index in [0.29, 0.717) is 5.69 Å². The molecule has 0 bridgehead atoms. The Labute approximate surface area is 177 Å². The number of aromatic nitrogens is 1. The van der Waals surface area contributed by atoms with Crippen molar-refractivity contribution in [3.8, 4) is 0 Å². The normalized spacial score (nSPS) is 16.0. The van der Waals surface area contributed by atoms with Crippen molar-refractivity contribution in [1.29, 1.82) is 0 Å². The minimum absolute atomic E-state index is 0.0137. The average molecular weight is 399 g/mol. The average Bonchev–Trinajstić information content (AvgIpc) is 3.23. The summed E-state index contributed by atoms with van der Waals surface area (Å²) in [4.78, 5) is 24.2. The Morgan fingerprint density at radius 1 is 0.833 bits per heavy atom. The molecule has 3 heterocycles.